The van der Waals surface area contributed by atoms with E-state index >= 15 is 0 Å². The summed E-state index contributed by atoms with van der Waals surface area (Å²) in [4.78, 5) is 36.6. The second-order valence-corrected chi connectivity index (χ2v) is 6.65. The van der Waals surface area contributed by atoms with Crippen LogP contribution in [0, 0.1) is 13.8 Å². The first-order valence-electron chi connectivity index (χ1n) is 9.44. The molecule has 0 atom stereocenters. The van der Waals surface area contributed by atoms with E-state index < -0.39 is 31.0 Å². The summed E-state index contributed by atoms with van der Waals surface area (Å²) >= 11 is 0. The van der Waals surface area contributed by atoms with Crippen molar-refractivity contribution in [1.29, 1.82) is 0 Å². The topological polar surface area (TPSA) is 99.5 Å². The number of ether oxygens (including phenoxy) is 2. The van der Waals surface area contributed by atoms with Crippen LogP contribution in [0.3, 0.4) is 0 Å². The number of imide groups is 1. The minimum absolute atomic E-state index is 0.0436. The molecule has 0 aliphatic heterocycles. The Bertz CT molecular complexity index is 1130. The van der Waals surface area contributed by atoms with Gasteiger partial charge in [-0.25, -0.2) is 9.48 Å². The van der Waals surface area contributed by atoms with E-state index in [-0.39, 0.29) is 16.9 Å². The molecule has 1 N–H and O–H groups in total. The number of aromatic nitrogens is 2. The third kappa shape index (κ3) is 5.34. The van der Waals surface area contributed by atoms with Gasteiger partial charge in [-0.3, -0.25) is 14.9 Å². The van der Waals surface area contributed by atoms with Gasteiger partial charge in [0.1, 0.15) is 11.3 Å². The summed E-state index contributed by atoms with van der Waals surface area (Å²) in [5.74, 6) is -2.50. The fourth-order valence-corrected chi connectivity index (χ4v) is 2.98. The number of carbonyl (C=O) groups excluding carboxylic acids is 3. The van der Waals surface area contributed by atoms with Crippen LogP contribution in [0.5, 0.6) is 5.75 Å². The predicted octanol–water partition coefficient (Wildman–Crippen LogP) is 3.20. The molecule has 0 spiro atoms. The van der Waals surface area contributed by atoms with Gasteiger partial charge in [0.25, 0.3) is 11.8 Å². The van der Waals surface area contributed by atoms with Crippen molar-refractivity contribution < 1.29 is 32.6 Å². The molecule has 0 saturated carbocycles. The number of benzene rings is 2. The molecule has 1 heterocycles. The summed E-state index contributed by atoms with van der Waals surface area (Å²) < 4.78 is 35.2. The largest absolute Gasteiger partial charge is 0.452 e. The number of halogens is 2. The monoisotopic (exact) mass is 443 g/mol. The van der Waals surface area contributed by atoms with Crippen molar-refractivity contribution in [2.45, 2.75) is 20.5 Å². The Morgan fingerprint density at radius 1 is 1.03 bits per heavy atom. The van der Waals surface area contributed by atoms with Gasteiger partial charge < -0.3 is 9.47 Å². The lowest BCUT2D eigenvalue weighted by Gasteiger charge is -2.08. The second kappa shape index (κ2) is 9.82. The molecule has 32 heavy (non-hydrogen) atoms. The van der Waals surface area contributed by atoms with Gasteiger partial charge in [-0.2, -0.15) is 13.9 Å². The van der Waals surface area contributed by atoms with E-state index in [9.17, 15) is 23.2 Å². The third-order valence-corrected chi connectivity index (χ3v) is 4.43. The van der Waals surface area contributed by atoms with E-state index in [1.54, 1.807) is 18.5 Å². The summed E-state index contributed by atoms with van der Waals surface area (Å²) in [5, 5.41) is 6.40. The van der Waals surface area contributed by atoms with Gasteiger partial charge in [-0.15, -0.1) is 0 Å². The van der Waals surface area contributed by atoms with Crippen molar-refractivity contribution in [3.63, 3.8) is 0 Å². The van der Waals surface area contributed by atoms with E-state index in [1.807, 2.05) is 30.3 Å². The summed E-state index contributed by atoms with van der Waals surface area (Å²) in [5.41, 5.74) is 2.01. The molecule has 0 aliphatic rings. The van der Waals surface area contributed by atoms with Crippen molar-refractivity contribution in [3.05, 3.63) is 77.1 Å². The number of hydrogen-bond acceptors (Lipinski definition) is 6. The Balaban J connectivity index is 1.59. The molecule has 0 bridgehead atoms. The van der Waals surface area contributed by atoms with Crippen LogP contribution >= 0.6 is 0 Å². The molecule has 0 aliphatic carbocycles. The molecule has 0 fully saturated rings. The van der Waals surface area contributed by atoms with Crippen molar-refractivity contribution in [1.82, 2.24) is 15.1 Å². The molecule has 166 valence electrons. The molecule has 10 heteroatoms. The van der Waals surface area contributed by atoms with Crippen LogP contribution in [0.25, 0.3) is 5.69 Å². The van der Waals surface area contributed by atoms with Gasteiger partial charge in [0.2, 0.25) is 0 Å². The van der Waals surface area contributed by atoms with Gasteiger partial charge >= 0.3 is 12.6 Å². The molecule has 1 aromatic heterocycles. The fourth-order valence-electron chi connectivity index (χ4n) is 2.98. The summed E-state index contributed by atoms with van der Waals surface area (Å²) in [6.07, 6.45) is 0. The van der Waals surface area contributed by atoms with Crippen LogP contribution < -0.4 is 10.1 Å². The van der Waals surface area contributed by atoms with Crippen LogP contribution in [-0.2, 0) is 9.53 Å². The molecule has 3 aromatic rings. The standard InChI is InChI=1S/C22H19F2N3O5/c1-13-19(14(2)27(26-13)16-6-4-3-5-7-16)21(30)31-12-18(28)25-20(29)15-8-10-17(11-9-15)32-22(23)24/h3-11,22H,12H2,1-2H3,(H,25,28,29). The maximum Gasteiger partial charge on any atom is 0.387 e. The molecule has 3 rings (SSSR count). The van der Waals surface area contributed by atoms with Crippen LogP contribution in [0.1, 0.15) is 32.1 Å². The van der Waals surface area contributed by atoms with E-state index in [1.165, 1.54) is 24.3 Å². The van der Waals surface area contributed by atoms with Crippen molar-refractivity contribution in [2.24, 2.45) is 0 Å². The number of nitrogens with zero attached hydrogens (tertiary/aromatic N) is 2. The Kier molecular flexibility index (Phi) is 6.93. The van der Waals surface area contributed by atoms with Gasteiger partial charge in [0.15, 0.2) is 6.61 Å². The van der Waals surface area contributed by atoms with E-state index in [2.05, 4.69) is 15.2 Å². The molecule has 0 radical (unpaired) electrons. The van der Waals surface area contributed by atoms with E-state index in [0.717, 1.165) is 5.69 Å². The van der Waals surface area contributed by atoms with Crippen LogP contribution in [0.15, 0.2) is 54.6 Å². The number of carbonyl (C=O) groups is 3. The lowest BCUT2D eigenvalue weighted by atomic mass is 10.2. The quantitative estimate of drug-likeness (QED) is 0.563. The van der Waals surface area contributed by atoms with Crippen LogP contribution in [0.2, 0.25) is 0 Å². The number of rotatable bonds is 7. The first-order valence-corrected chi connectivity index (χ1v) is 9.44. The maximum absolute atomic E-state index is 12.5. The third-order valence-electron chi connectivity index (χ3n) is 4.43. The van der Waals surface area contributed by atoms with E-state index in [0.29, 0.717) is 11.4 Å². The first kappa shape index (κ1) is 22.6. The van der Waals surface area contributed by atoms with Gasteiger partial charge in [-0.05, 0) is 50.2 Å². The molecule has 0 unspecified atom stereocenters. The zero-order chi connectivity index (χ0) is 23.3. The van der Waals surface area contributed by atoms with E-state index in [4.69, 9.17) is 4.74 Å². The summed E-state index contributed by atoms with van der Waals surface area (Å²) in [6.45, 7) is -0.326. The fraction of sp³-hybridized carbons (Fsp3) is 0.182. The molecule has 2 amide bonds. The molecule has 0 saturated heterocycles. The minimum Gasteiger partial charge on any atom is -0.452 e. The lowest BCUT2D eigenvalue weighted by Crippen LogP contribution is -2.34. The number of aryl methyl sites for hydroxylation is 1. The number of nitrogens with one attached hydrogen (secondary N) is 1. The van der Waals surface area contributed by atoms with Gasteiger partial charge in [0, 0.05) is 5.56 Å². The maximum atomic E-state index is 12.5. The molecular weight excluding hydrogens is 424 g/mol. The van der Waals surface area contributed by atoms with Crippen molar-refractivity contribution >= 4 is 17.8 Å². The average molecular weight is 443 g/mol. The normalized spacial score (nSPS) is 10.7. The van der Waals surface area contributed by atoms with Gasteiger partial charge in [-0.1, -0.05) is 18.2 Å². The summed E-state index contributed by atoms with van der Waals surface area (Å²) in [7, 11) is 0. The van der Waals surface area contributed by atoms with Crippen molar-refractivity contribution in [2.75, 3.05) is 6.61 Å². The smallest absolute Gasteiger partial charge is 0.387 e. The first-order chi connectivity index (χ1) is 15.3. The Morgan fingerprint density at radius 3 is 2.31 bits per heavy atom. The highest BCUT2D eigenvalue weighted by Gasteiger charge is 2.22. The lowest BCUT2D eigenvalue weighted by molar-refractivity contribution is -0.123. The highest BCUT2D eigenvalue weighted by atomic mass is 19.3. The number of alkyl halides is 2. The van der Waals surface area contributed by atoms with Crippen LogP contribution in [0.4, 0.5) is 8.78 Å². The minimum atomic E-state index is -2.99. The predicted molar refractivity (Wildman–Crippen MR) is 109 cm³/mol. The summed E-state index contributed by atoms with van der Waals surface area (Å²) in [6, 6.07) is 14.0. The number of para-hydroxylation sites is 1. The average Bonchev–Trinajstić information content (AvgIpc) is 3.06. The zero-order valence-electron chi connectivity index (χ0n) is 17.2. The molecule has 2 aromatic carbocycles. The van der Waals surface area contributed by atoms with Gasteiger partial charge in [0.05, 0.1) is 17.1 Å². The zero-order valence-corrected chi connectivity index (χ0v) is 17.2. The SMILES string of the molecule is Cc1nn(-c2ccccc2)c(C)c1C(=O)OCC(=O)NC(=O)c1ccc(OC(F)F)cc1. The Hall–Kier alpha value is -4.08. The highest BCUT2D eigenvalue weighted by Crippen LogP contribution is 2.19. The highest BCUT2D eigenvalue weighted by molar-refractivity contribution is 6.05. The Morgan fingerprint density at radius 2 is 1.69 bits per heavy atom. The number of hydrogen-bond donors (Lipinski definition) is 1. The number of amides is 2. The Labute approximate surface area is 181 Å². The van der Waals surface area contributed by atoms with Crippen LogP contribution in [-0.4, -0.2) is 40.8 Å². The second-order valence-electron chi connectivity index (χ2n) is 6.65. The number of esters is 1. The molecule has 8 nitrogen and oxygen atoms in total. The molecular formula is C22H19F2N3O5. The van der Waals surface area contributed by atoms with Crippen molar-refractivity contribution in [3.8, 4) is 11.4 Å².